The molecule has 116 valence electrons. The Labute approximate surface area is 126 Å². The van der Waals surface area contributed by atoms with E-state index in [1.807, 2.05) is 0 Å². The number of rotatable bonds is 4. The van der Waals surface area contributed by atoms with Crippen LogP contribution in [0.5, 0.6) is 5.75 Å². The Morgan fingerprint density at radius 1 is 1.50 bits per heavy atom. The van der Waals surface area contributed by atoms with Gasteiger partial charge < -0.3 is 14.7 Å². The summed E-state index contributed by atoms with van der Waals surface area (Å²) in [6.07, 6.45) is 0.413. The van der Waals surface area contributed by atoms with Crippen LogP contribution in [0.25, 0.3) is 0 Å². The van der Waals surface area contributed by atoms with Crippen molar-refractivity contribution in [1.29, 1.82) is 5.26 Å². The lowest BCUT2D eigenvalue weighted by atomic mass is 9.98. The lowest BCUT2D eigenvalue weighted by Gasteiger charge is -2.29. The topological polar surface area (TPSA) is 117 Å². The Kier molecular flexibility index (Phi) is 4.78. The second-order valence-corrected chi connectivity index (χ2v) is 5.04. The van der Waals surface area contributed by atoms with E-state index < -0.39 is 11.0 Å². The third kappa shape index (κ3) is 3.44. The Hall–Kier alpha value is -2.82. The summed E-state index contributed by atoms with van der Waals surface area (Å²) in [7, 11) is 0. The molecule has 1 aliphatic rings. The standard InChI is InChI=1S/C14H15N3O5/c15-8-11-12(17(20)21)2-1-3-13(11)22-9-10-4-6-16(7-5-10)14(18)19/h1-3,10H,4-7,9H2,(H,18,19). The highest BCUT2D eigenvalue weighted by Gasteiger charge is 2.24. The molecule has 0 aliphatic carbocycles. The predicted molar refractivity (Wildman–Crippen MR) is 75.6 cm³/mol. The Balaban J connectivity index is 1.98. The van der Waals surface area contributed by atoms with Crippen LogP contribution in [0.15, 0.2) is 18.2 Å². The van der Waals surface area contributed by atoms with E-state index in [0.717, 1.165) is 0 Å². The number of likely N-dealkylation sites (tertiary alicyclic amines) is 1. The van der Waals surface area contributed by atoms with Crippen LogP contribution in [0, 0.1) is 27.4 Å². The molecule has 1 fully saturated rings. The van der Waals surface area contributed by atoms with E-state index in [4.69, 9.17) is 15.1 Å². The number of nitro benzene ring substituents is 1. The molecule has 1 N–H and O–H groups in total. The first kappa shape index (κ1) is 15.6. The molecule has 8 heteroatoms. The van der Waals surface area contributed by atoms with Gasteiger partial charge in [-0.1, -0.05) is 6.07 Å². The predicted octanol–water partition coefficient (Wildman–Crippen LogP) is 2.24. The fourth-order valence-corrected chi connectivity index (χ4v) is 2.40. The van der Waals surface area contributed by atoms with E-state index in [1.54, 1.807) is 6.07 Å². The molecule has 8 nitrogen and oxygen atoms in total. The maximum Gasteiger partial charge on any atom is 0.407 e. The SMILES string of the molecule is N#Cc1c(OCC2CCN(C(=O)O)CC2)cccc1[N+](=O)[O-]. The van der Waals surface area contributed by atoms with Crippen molar-refractivity contribution in [3.05, 3.63) is 33.9 Å². The molecule has 0 spiro atoms. The van der Waals surface area contributed by atoms with E-state index in [9.17, 15) is 14.9 Å². The number of carboxylic acid groups (broad SMARTS) is 1. The highest BCUT2D eigenvalue weighted by atomic mass is 16.6. The lowest BCUT2D eigenvalue weighted by Crippen LogP contribution is -2.38. The third-order valence-corrected chi connectivity index (χ3v) is 3.67. The molecule has 0 atom stereocenters. The van der Waals surface area contributed by atoms with Crippen molar-refractivity contribution < 1.29 is 19.6 Å². The highest BCUT2D eigenvalue weighted by Crippen LogP contribution is 2.28. The van der Waals surface area contributed by atoms with Crippen molar-refractivity contribution in [2.24, 2.45) is 5.92 Å². The number of hydrogen-bond donors (Lipinski definition) is 1. The Morgan fingerprint density at radius 3 is 2.73 bits per heavy atom. The number of nitro groups is 1. The molecular weight excluding hydrogens is 290 g/mol. The number of nitrogens with zero attached hydrogens (tertiary/aromatic N) is 3. The average molecular weight is 305 g/mol. The third-order valence-electron chi connectivity index (χ3n) is 3.67. The smallest absolute Gasteiger partial charge is 0.407 e. The van der Waals surface area contributed by atoms with Gasteiger partial charge in [0, 0.05) is 19.2 Å². The van der Waals surface area contributed by atoms with Gasteiger partial charge in [-0.25, -0.2) is 4.79 Å². The summed E-state index contributed by atoms with van der Waals surface area (Å²) in [5, 5.41) is 28.8. The number of amides is 1. The maximum atomic E-state index is 10.9. The number of carbonyl (C=O) groups is 1. The zero-order chi connectivity index (χ0) is 16.1. The summed E-state index contributed by atoms with van der Waals surface area (Å²) in [5.74, 6) is 0.360. The van der Waals surface area contributed by atoms with Gasteiger partial charge in [-0.05, 0) is 24.8 Å². The molecule has 1 aliphatic heterocycles. The number of ether oxygens (including phenoxy) is 1. The zero-order valence-electron chi connectivity index (χ0n) is 11.8. The number of benzene rings is 1. The first-order valence-corrected chi connectivity index (χ1v) is 6.81. The van der Waals surface area contributed by atoms with Gasteiger partial charge in [0.25, 0.3) is 5.69 Å². The number of nitriles is 1. The van der Waals surface area contributed by atoms with Crippen LogP contribution in [-0.2, 0) is 0 Å². The lowest BCUT2D eigenvalue weighted by molar-refractivity contribution is -0.385. The van der Waals surface area contributed by atoms with E-state index in [2.05, 4.69) is 0 Å². The van der Waals surface area contributed by atoms with Crippen LogP contribution in [0.4, 0.5) is 10.5 Å². The summed E-state index contributed by atoms with van der Waals surface area (Å²) in [6, 6.07) is 6.06. The van der Waals surface area contributed by atoms with Gasteiger partial charge in [0.05, 0.1) is 11.5 Å². The largest absolute Gasteiger partial charge is 0.492 e. The van der Waals surface area contributed by atoms with Crippen LogP contribution in [0.1, 0.15) is 18.4 Å². The van der Waals surface area contributed by atoms with Crippen LogP contribution in [0.3, 0.4) is 0 Å². The quantitative estimate of drug-likeness (QED) is 0.673. The molecular formula is C14H15N3O5. The highest BCUT2D eigenvalue weighted by molar-refractivity contribution is 5.65. The van der Waals surface area contributed by atoms with E-state index >= 15 is 0 Å². The average Bonchev–Trinajstić information content (AvgIpc) is 2.52. The fraction of sp³-hybridized carbons (Fsp3) is 0.429. The van der Waals surface area contributed by atoms with Gasteiger partial charge >= 0.3 is 6.09 Å². The molecule has 1 amide bonds. The molecule has 1 aromatic carbocycles. The van der Waals surface area contributed by atoms with Gasteiger partial charge in [-0.2, -0.15) is 5.26 Å². The Bertz CT molecular complexity index is 617. The molecule has 1 heterocycles. The molecule has 1 aromatic rings. The van der Waals surface area contributed by atoms with Crippen molar-refractivity contribution in [3.63, 3.8) is 0 Å². The first-order valence-electron chi connectivity index (χ1n) is 6.81. The van der Waals surface area contributed by atoms with Gasteiger partial charge in [0.15, 0.2) is 5.56 Å². The van der Waals surface area contributed by atoms with Crippen LogP contribution >= 0.6 is 0 Å². The molecule has 2 rings (SSSR count). The second-order valence-electron chi connectivity index (χ2n) is 5.04. The summed E-state index contributed by atoms with van der Waals surface area (Å²) < 4.78 is 5.56. The van der Waals surface area contributed by atoms with Crippen molar-refractivity contribution >= 4 is 11.8 Å². The van der Waals surface area contributed by atoms with Crippen molar-refractivity contribution in [2.75, 3.05) is 19.7 Å². The summed E-state index contributed by atoms with van der Waals surface area (Å²) in [6.45, 7) is 1.20. The van der Waals surface area contributed by atoms with Gasteiger partial charge in [0.1, 0.15) is 11.8 Å². The van der Waals surface area contributed by atoms with Gasteiger partial charge in [0.2, 0.25) is 0 Å². The second kappa shape index (κ2) is 6.76. The fourth-order valence-electron chi connectivity index (χ4n) is 2.40. The van der Waals surface area contributed by atoms with Crippen LogP contribution in [0.2, 0.25) is 0 Å². The zero-order valence-corrected chi connectivity index (χ0v) is 11.8. The molecule has 0 aromatic heterocycles. The van der Waals surface area contributed by atoms with Crippen molar-refractivity contribution in [2.45, 2.75) is 12.8 Å². The van der Waals surface area contributed by atoms with Crippen molar-refractivity contribution in [1.82, 2.24) is 4.90 Å². The normalized spacial score (nSPS) is 15.1. The summed E-state index contributed by atoms with van der Waals surface area (Å²) in [4.78, 5) is 22.4. The number of hydrogen-bond acceptors (Lipinski definition) is 5. The van der Waals surface area contributed by atoms with E-state index in [1.165, 1.54) is 23.1 Å². The molecule has 22 heavy (non-hydrogen) atoms. The molecule has 0 radical (unpaired) electrons. The van der Waals surface area contributed by atoms with Gasteiger partial charge in [-0.15, -0.1) is 0 Å². The van der Waals surface area contributed by atoms with Crippen LogP contribution < -0.4 is 4.74 Å². The van der Waals surface area contributed by atoms with Crippen molar-refractivity contribution in [3.8, 4) is 11.8 Å². The monoisotopic (exact) mass is 305 g/mol. The molecule has 1 saturated heterocycles. The minimum Gasteiger partial charge on any atom is -0.492 e. The maximum absolute atomic E-state index is 10.9. The molecule has 0 saturated carbocycles. The minimum absolute atomic E-state index is 0.0875. The van der Waals surface area contributed by atoms with Gasteiger partial charge in [-0.3, -0.25) is 10.1 Å². The van der Waals surface area contributed by atoms with Crippen LogP contribution in [-0.4, -0.2) is 40.7 Å². The summed E-state index contributed by atoms with van der Waals surface area (Å²) >= 11 is 0. The first-order chi connectivity index (χ1) is 10.5. The minimum atomic E-state index is -0.926. The van der Waals surface area contributed by atoms with E-state index in [0.29, 0.717) is 32.5 Å². The number of piperidine rings is 1. The Morgan fingerprint density at radius 2 is 2.18 bits per heavy atom. The summed E-state index contributed by atoms with van der Waals surface area (Å²) in [5.41, 5.74) is -0.365. The molecule has 0 unspecified atom stereocenters. The molecule has 0 bridgehead atoms. The van der Waals surface area contributed by atoms with E-state index in [-0.39, 0.29) is 22.9 Å².